The smallest absolute Gasteiger partial charge is 0.262 e. The molecule has 0 radical (unpaired) electrons. The summed E-state index contributed by atoms with van der Waals surface area (Å²) in [5, 5.41) is 4.35. The first-order valence-electron chi connectivity index (χ1n) is 6.27. The maximum atomic E-state index is 12.0. The first kappa shape index (κ1) is 14.3. The minimum absolute atomic E-state index is 0.109. The van der Waals surface area contributed by atoms with E-state index in [1.165, 1.54) is 11.3 Å². The van der Waals surface area contributed by atoms with Gasteiger partial charge in [0.15, 0.2) is 0 Å². The van der Waals surface area contributed by atoms with Crippen molar-refractivity contribution in [3.05, 3.63) is 34.2 Å². The molecule has 0 saturated carbocycles. The maximum Gasteiger partial charge on any atom is 0.262 e. The van der Waals surface area contributed by atoms with E-state index in [-0.39, 0.29) is 5.91 Å². The summed E-state index contributed by atoms with van der Waals surface area (Å²) in [5.41, 5.74) is 0. The van der Waals surface area contributed by atoms with Crippen LogP contribution in [0.1, 0.15) is 23.0 Å². The monoisotopic (exact) mass is 297 g/mol. The molecule has 0 saturated heterocycles. The Labute approximate surface area is 121 Å². The van der Waals surface area contributed by atoms with Gasteiger partial charge in [0.05, 0.1) is 5.02 Å². The number of amides is 1. The van der Waals surface area contributed by atoms with Gasteiger partial charge >= 0.3 is 0 Å². The number of hydrogen-bond donors (Lipinski definition) is 1. The number of hydrogen-bond acceptors (Lipinski definition) is 3. The lowest BCUT2D eigenvalue weighted by atomic mass is 10.2. The Bertz CT molecular complexity index is 568. The largest absolute Gasteiger partial charge is 0.382 e. The Morgan fingerprint density at radius 3 is 2.95 bits per heavy atom. The molecule has 0 aliphatic heterocycles. The molecule has 3 nitrogen and oxygen atoms in total. The number of halogens is 1. The first-order valence-corrected chi connectivity index (χ1v) is 7.46. The molecule has 0 bridgehead atoms. The van der Waals surface area contributed by atoms with Gasteiger partial charge in [-0.15, -0.1) is 11.3 Å². The van der Waals surface area contributed by atoms with Gasteiger partial charge in [-0.3, -0.25) is 4.79 Å². The minimum atomic E-state index is -0.109. The van der Waals surface area contributed by atoms with E-state index in [9.17, 15) is 4.79 Å². The summed E-state index contributed by atoms with van der Waals surface area (Å²) in [6.07, 6.45) is 0.808. The Kier molecular flexibility index (Phi) is 5.19. The lowest BCUT2D eigenvalue weighted by molar-refractivity contribution is 0.0948. The molecule has 102 valence electrons. The minimum Gasteiger partial charge on any atom is -0.382 e. The van der Waals surface area contributed by atoms with E-state index < -0.39 is 0 Å². The molecule has 0 aliphatic rings. The summed E-state index contributed by atoms with van der Waals surface area (Å²) in [5.74, 6) is -0.109. The van der Waals surface area contributed by atoms with Crippen molar-refractivity contribution >= 4 is 38.9 Å². The number of thiophene rings is 1. The molecule has 0 unspecified atom stereocenters. The van der Waals surface area contributed by atoms with Gasteiger partial charge in [-0.1, -0.05) is 29.8 Å². The summed E-state index contributed by atoms with van der Waals surface area (Å²) < 4.78 is 6.25. The predicted molar refractivity (Wildman–Crippen MR) is 80.3 cm³/mol. The van der Waals surface area contributed by atoms with E-state index >= 15 is 0 Å². The normalized spacial score (nSPS) is 10.8. The van der Waals surface area contributed by atoms with Crippen LogP contribution in [-0.2, 0) is 4.74 Å². The molecule has 1 heterocycles. The van der Waals surface area contributed by atoms with Crippen molar-refractivity contribution in [2.24, 2.45) is 0 Å². The van der Waals surface area contributed by atoms with Crippen molar-refractivity contribution in [1.82, 2.24) is 5.32 Å². The fourth-order valence-electron chi connectivity index (χ4n) is 1.76. The SMILES string of the molecule is CCOCCCNC(=O)c1sc2ccccc2c1Cl. The number of carbonyl (C=O) groups is 1. The van der Waals surface area contributed by atoms with Crippen molar-refractivity contribution < 1.29 is 9.53 Å². The third-order valence-electron chi connectivity index (χ3n) is 2.70. The van der Waals surface area contributed by atoms with Crippen LogP contribution in [0.5, 0.6) is 0 Å². The van der Waals surface area contributed by atoms with Gasteiger partial charge in [0.2, 0.25) is 0 Å². The molecule has 0 atom stereocenters. The number of rotatable bonds is 6. The van der Waals surface area contributed by atoms with Crippen molar-refractivity contribution in [3.8, 4) is 0 Å². The zero-order valence-corrected chi connectivity index (χ0v) is 12.3. The molecule has 1 aromatic heterocycles. The van der Waals surface area contributed by atoms with Gasteiger partial charge in [0.25, 0.3) is 5.91 Å². The van der Waals surface area contributed by atoms with Crippen LogP contribution in [0.4, 0.5) is 0 Å². The van der Waals surface area contributed by atoms with Crippen LogP contribution in [0.3, 0.4) is 0 Å². The lowest BCUT2D eigenvalue weighted by Crippen LogP contribution is -2.24. The molecule has 19 heavy (non-hydrogen) atoms. The van der Waals surface area contributed by atoms with E-state index in [1.807, 2.05) is 31.2 Å². The van der Waals surface area contributed by atoms with Crippen LogP contribution in [0.15, 0.2) is 24.3 Å². The summed E-state index contributed by atoms with van der Waals surface area (Å²) in [4.78, 5) is 12.6. The summed E-state index contributed by atoms with van der Waals surface area (Å²) in [6.45, 7) is 3.92. The van der Waals surface area contributed by atoms with Gasteiger partial charge in [0.1, 0.15) is 4.88 Å². The van der Waals surface area contributed by atoms with Crippen molar-refractivity contribution in [2.75, 3.05) is 19.8 Å². The summed E-state index contributed by atoms with van der Waals surface area (Å²) in [7, 11) is 0. The highest BCUT2D eigenvalue weighted by atomic mass is 35.5. The second-order valence-corrected chi connectivity index (χ2v) is 5.48. The predicted octanol–water partition coefficient (Wildman–Crippen LogP) is 3.71. The number of benzene rings is 1. The Morgan fingerprint density at radius 2 is 2.21 bits per heavy atom. The zero-order chi connectivity index (χ0) is 13.7. The standard InChI is InChI=1S/C14H16ClNO2S/c1-2-18-9-5-8-16-14(17)13-12(15)10-6-3-4-7-11(10)19-13/h3-4,6-7H,2,5,8-9H2,1H3,(H,16,17). The molecular weight excluding hydrogens is 282 g/mol. The highest BCUT2D eigenvalue weighted by Gasteiger charge is 2.16. The average molecular weight is 298 g/mol. The number of ether oxygens (including phenoxy) is 1. The second kappa shape index (κ2) is 6.89. The summed E-state index contributed by atoms with van der Waals surface area (Å²) >= 11 is 7.66. The fraction of sp³-hybridized carbons (Fsp3) is 0.357. The Morgan fingerprint density at radius 1 is 1.42 bits per heavy atom. The molecule has 0 aliphatic carbocycles. The van der Waals surface area contributed by atoms with Crippen LogP contribution in [0.25, 0.3) is 10.1 Å². The Hall–Kier alpha value is -1.10. The molecule has 5 heteroatoms. The van der Waals surface area contributed by atoms with E-state index in [4.69, 9.17) is 16.3 Å². The number of nitrogens with one attached hydrogen (secondary N) is 1. The average Bonchev–Trinajstić information content (AvgIpc) is 2.76. The second-order valence-electron chi connectivity index (χ2n) is 4.05. The van der Waals surface area contributed by atoms with Gasteiger partial charge in [-0.2, -0.15) is 0 Å². The van der Waals surface area contributed by atoms with Gasteiger partial charge in [0, 0.05) is 29.8 Å². The van der Waals surface area contributed by atoms with Gasteiger partial charge in [-0.05, 0) is 19.4 Å². The van der Waals surface area contributed by atoms with E-state index in [0.717, 1.165) is 16.5 Å². The van der Waals surface area contributed by atoms with Crippen LogP contribution in [0.2, 0.25) is 5.02 Å². The molecule has 0 fully saturated rings. The molecule has 2 aromatic rings. The zero-order valence-electron chi connectivity index (χ0n) is 10.7. The first-order chi connectivity index (χ1) is 9.24. The Balaban J connectivity index is 1.99. The number of carbonyl (C=O) groups excluding carboxylic acids is 1. The van der Waals surface area contributed by atoms with Crippen LogP contribution in [0, 0.1) is 0 Å². The third kappa shape index (κ3) is 3.47. The van der Waals surface area contributed by atoms with Gasteiger partial charge < -0.3 is 10.1 Å². The van der Waals surface area contributed by atoms with Crippen molar-refractivity contribution in [1.29, 1.82) is 0 Å². The highest BCUT2D eigenvalue weighted by molar-refractivity contribution is 7.21. The third-order valence-corrected chi connectivity index (χ3v) is 4.37. The topological polar surface area (TPSA) is 38.3 Å². The maximum absolute atomic E-state index is 12.0. The highest BCUT2D eigenvalue weighted by Crippen LogP contribution is 2.34. The van der Waals surface area contributed by atoms with Crippen LogP contribution in [-0.4, -0.2) is 25.7 Å². The molecule has 0 spiro atoms. The van der Waals surface area contributed by atoms with E-state index in [1.54, 1.807) is 0 Å². The molecule has 1 aromatic carbocycles. The van der Waals surface area contributed by atoms with Crippen molar-refractivity contribution in [3.63, 3.8) is 0 Å². The van der Waals surface area contributed by atoms with E-state index in [0.29, 0.717) is 29.7 Å². The molecule has 1 N–H and O–H groups in total. The van der Waals surface area contributed by atoms with Gasteiger partial charge in [-0.25, -0.2) is 0 Å². The van der Waals surface area contributed by atoms with Crippen LogP contribution < -0.4 is 5.32 Å². The van der Waals surface area contributed by atoms with Crippen LogP contribution >= 0.6 is 22.9 Å². The number of fused-ring (bicyclic) bond motifs is 1. The quantitative estimate of drug-likeness (QED) is 0.826. The molecular formula is C14H16ClNO2S. The van der Waals surface area contributed by atoms with Crippen molar-refractivity contribution in [2.45, 2.75) is 13.3 Å². The molecule has 1 amide bonds. The van der Waals surface area contributed by atoms with E-state index in [2.05, 4.69) is 5.32 Å². The lowest BCUT2D eigenvalue weighted by Gasteiger charge is -2.04. The summed E-state index contributed by atoms with van der Waals surface area (Å²) in [6, 6.07) is 7.77. The molecule has 2 rings (SSSR count). The fourth-order valence-corrected chi connectivity index (χ4v) is 3.19.